The molecule has 7 heteroatoms. The molecule has 1 atom stereocenters. The van der Waals surface area contributed by atoms with Gasteiger partial charge in [-0.1, -0.05) is 47.1 Å². The molecule has 0 radical (unpaired) electrons. The van der Waals surface area contributed by atoms with Gasteiger partial charge in [-0.25, -0.2) is 0 Å². The van der Waals surface area contributed by atoms with E-state index in [1.165, 1.54) is 0 Å². The second kappa shape index (κ2) is 7.35. The first-order valence-electron chi connectivity index (χ1n) is 7.57. The number of carbonyl (C=O) groups is 1. The van der Waals surface area contributed by atoms with Crippen molar-refractivity contribution in [3.05, 3.63) is 64.1 Å². The van der Waals surface area contributed by atoms with Gasteiger partial charge in [-0.3, -0.25) is 4.79 Å². The van der Waals surface area contributed by atoms with Crippen molar-refractivity contribution in [3.63, 3.8) is 0 Å². The van der Waals surface area contributed by atoms with E-state index in [4.69, 9.17) is 0 Å². The fourth-order valence-electron chi connectivity index (χ4n) is 2.41. The standard InChI is InChI=1S/C17H16BrN5O/c1-2-15(11-7-9-14(18)10-8-11)19-17(24)13-5-3-12(4-6-13)16-20-22-23-21-16/h3-10,15H,2H2,1H3,(H,19,24)(H,20,21,22,23). The van der Waals surface area contributed by atoms with Gasteiger partial charge in [-0.2, -0.15) is 5.21 Å². The zero-order chi connectivity index (χ0) is 16.9. The van der Waals surface area contributed by atoms with Crippen LogP contribution >= 0.6 is 15.9 Å². The predicted octanol–water partition coefficient (Wildman–Crippen LogP) is 3.51. The third-order valence-electron chi connectivity index (χ3n) is 3.74. The van der Waals surface area contributed by atoms with Crippen LogP contribution in [0.15, 0.2) is 53.0 Å². The topological polar surface area (TPSA) is 83.6 Å². The fourth-order valence-corrected chi connectivity index (χ4v) is 2.68. The molecule has 3 rings (SSSR count). The maximum atomic E-state index is 12.5. The lowest BCUT2D eigenvalue weighted by Gasteiger charge is -2.17. The van der Waals surface area contributed by atoms with Gasteiger partial charge >= 0.3 is 0 Å². The first kappa shape index (κ1) is 16.3. The molecule has 0 aliphatic carbocycles. The summed E-state index contributed by atoms with van der Waals surface area (Å²) in [6.07, 6.45) is 0.814. The monoisotopic (exact) mass is 385 g/mol. The molecule has 2 aromatic carbocycles. The minimum Gasteiger partial charge on any atom is -0.345 e. The van der Waals surface area contributed by atoms with E-state index in [9.17, 15) is 4.79 Å². The molecule has 3 aromatic rings. The van der Waals surface area contributed by atoms with Crippen molar-refractivity contribution in [3.8, 4) is 11.4 Å². The fraction of sp³-hybridized carbons (Fsp3) is 0.176. The molecule has 24 heavy (non-hydrogen) atoms. The van der Waals surface area contributed by atoms with Crippen LogP contribution < -0.4 is 5.32 Å². The van der Waals surface area contributed by atoms with Gasteiger partial charge < -0.3 is 5.32 Å². The molecule has 0 spiro atoms. The Morgan fingerprint density at radius 2 is 1.88 bits per heavy atom. The van der Waals surface area contributed by atoms with E-state index in [2.05, 4.69) is 41.9 Å². The third-order valence-corrected chi connectivity index (χ3v) is 4.27. The van der Waals surface area contributed by atoms with Gasteiger partial charge in [0, 0.05) is 15.6 Å². The number of hydrogen-bond acceptors (Lipinski definition) is 4. The summed E-state index contributed by atoms with van der Waals surface area (Å²) in [5.74, 6) is 0.396. The minimum absolute atomic E-state index is 0.0255. The Morgan fingerprint density at radius 3 is 2.46 bits per heavy atom. The summed E-state index contributed by atoms with van der Waals surface area (Å²) in [6.45, 7) is 2.05. The molecule has 1 unspecified atom stereocenters. The van der Waals surface area contributed by atoms with E-state index in [0.717, 1.165) is 22.0 Å². The molecule has 6 nitrogen and oxygen atoms in total. The Kier molecular flexibility index (Phi) is 5.00. The van der Waals surface area contributed by atoms with Crippen molar-refractivity contribution >= 4 is 21.8 Å². The Balaban J connectivity index is 1.72. The average Bonchev–Trinajstić information content (AvgIpc) is 3.15. The third kappa shape index (κ3) is 3.68. The number of halogens is 1. The highest BCUT2D eigenvalue weighted by molar-refractivity contribution is 9.10. The highest BCUT2D eigenvalue weighted by atomic mass is 79.9. The number of H-pyrrole nitrogens is 1. The number of benzene rings is 2. The van der Waals surface area contributed by atoms with Crippen molar-refractivity contribution in [2.75, 3.05) is 0 Å². The van der Waals surface area contributed by atoms with E-state index in [0.29, 0.717) is 11.4 Å². The molecular formula is C17H16BrN5O. The number of hydrogen-bond donors (Lipinski definition) is 2. The lowest BCUT2D eigenvalue weighted by molar-refractivity contribution is 0.0935. The summed E-state index contributed by atoms with van der Waals surface area (Å²) < 4.78 is 1.02. The SMILES string of the molecule is CCC(NC(=O)c1ccc(-c2nn[nH]n2)cc1)c1ccc(Br)cc1. The molecule has 2 N–H and O–H groups in total. The van der Waals surface area contributed by atoms with Gasteiger partial charge in [-0.05, 0) is 41.5 Å². The normalized spacial score (nSPS) is 11.9. The van der Waals surface area contributed by atoms with E-state index >= 15 is 0 Å². The van der Waals surface area contributed by atoms with Gasteiger partial charge in [0.15, 0.2) is 0 Å². The van der Waals surface area contributed by atoms with Crippen molar-refractivity contribution in [1.29, 1.82) is 0 Å². The molecule has 0 aliphatic heterocycles. The number of nitrogens with zero attached hydrogens (tertiary/aromatic N) is 3. The summed E-state index contributed by atoms with van der Waals surface area (Å²) in [7, 11) is 0. The number of carbonyl (C=O) groups excluding carboxylic acids is 1. The lowest BCUT2D eigenvalue weighted by Crippen LogP contribution is -2.28. The van der Waals surface area contributed by atoms with Gasteiger partial charge in [0.2, 0.25) is 5.82 Å². The van der Waals surface area contributed by atoms with Gasteiger partial charge in [-0.15, -0.1) is 10.2 Å². The first-order valence-corrected chi connectivity index (χ1v) is 8.37. The van der Waals surface area contributed by atoms with Crippen molar-refractivity contribution in [1.82, 2.24) is 25.9 Å². The van der Waals surface area contributed by atoms with Crippen LogP contribution in [0.4, 0.5) is 0 Å². The zero-order valence-corrected chi connectivity index (χ0v) is 14.6. The summed E-state index contributed by atoms with van der Waals surface area (Å²) in [6, 6.07) is 15.1. The molecule has 0 saturated heterocycles. The molecule has 122 valence electrons. The quantitative estimate of drug-likeness (QED) is 0.703. The number of rotatable bonds is 5. The van der Waals surface area contributed by atoms with Gasteiger partial charge in [0.25, 0.3) is 5.91 Å². The average molecular weight is 386 g/mol. The Bertz CT molecular complexity index is 800. The Hall–Kier alpha value is -2.54. The summed E-state index contributed by atoms with van der Waals surface area (Å²) in [5, 5.41) is 16.8. The summed E-state index contributed by atoms with van der Waals surface area (Å²) in [4.78, 5) is 12.5. The minimum atomic E-state index is -0.107. The largest absolute Gasteiger partial charge is 0.345 e. The lowest BCUT2D eigenvalue weighted by atomic mass is 10.0. The van der Waals surface area contributed by atoms with Crippen LogP contribution in [0.25, 0.3) is 11.4 Å². The van der Waals surface area contributed by atoms with Crippen LogP contribution in [0.1, 0.15) is 35.3 Å². The van der Waals surface area contributed by atoms with E-state index in [1.807, 2.05) is 31.2 Å². The summed E-state index contributed by atoms with van der Waals surface area (Å²) >= 11 is 3.42. The highest BCUT2D eigenvalue weighted by Crippen LogP contribution is 2.20. The van der Waals surface area contributed by atoms with E-state index in [1.54, 1.807) is 24.3 Å². The molecule has 1 amide bonds. The van der Waals surface area contributed by atoms with Gasteiger partial charge in [0.05, 0.1) is 6.04 Å². The molecule has 1 heterocycles. The highest BCUT2D eigenvalue weighted by Gasteiger charge is 2.14. The van der Waals surface area contributed by atoms with Gasteiger partial charge in [0.1, 0.15) is 0 Å². The second-order valence-corrected chi connectivity index (χ2v) is 6.21. The van der Waals surface area contributed by atoms with E-state index in [-0.39, 0.29) is 11.9 Å². The van der Waals surface area contributed by atoms with Crippen LogP contribution in [0.3, 0.4) is 0 Å². The number of aromatic nitrogens is 4. The van der Waals surface area contributed by atoms with Crippen molar-refractivity contribution < 1.29 is 4.79 Å². The summed E-state index contributed by atoms with van der Waals surface area (Å²) in [5.41, 5.74) is 2.48. The molecule has 0 bridgehead atoms. The number of aromatic amines is 1. The number of nitrogens with one attached hydrogen (secondary N) is 2. The maximum absolute atomic E-state index is 12.5. The molecule has 0 fully saturated rings. The van der Waals surface area contributed by atoms with Crippen LogP contribution in [-0.2, 0) is 0 Å². The molecule has 0 aliphatic rings. The van der Waals surface area contributed by atoms with Crippen molar-refractivity contribution in [2.45, 2.75) is 19.4 Å². The first-order chi connectivity index (χ1) is 11.7. The number of tetrazole rings is 1. The van der Waals surface area contributed by atoms with E-state index < -0.39 is 0 Å². The predicted molar refractivity (Wildman–Crippen MR) is 94.3 cm³/mol. The smallest absolute Gasteiger partial charge is 0.251 e. The van der Waals surface area contributed by atoms with Crippen LogP contribution in [0.2, 0.25) is 0 Å². The maximum Gasteiger partial charge on any atom is 0.251 e. The van der Waals surface area contributed by atoms with Crippen LogP contribution in [0.5, 0.6) is 0 Å². The second-order valence-electron chi connectivity index (χ2n) is 5.30. The van der Waals surface area contributed by atoms with Crippen LogP contribution in [0, 0.1) is 0 Å². The number of amides is 1. The molecule has 1 aromatic heterocycles. The zero-order valence-electron chi connectivity index (χ0n) is 13.0. The Morgan fingerprint density at radius 1 is 1.17 bits per heavy atom. The van der Waals surface area contributed by atoms with Crippen molar-refractivity contribution in [2.24, 2.45) is 0 Å². The molecule has 0 saturated carbocycles. The van der Waals surface area contributed by atoms with Crippen LogP contribution in [-0.4, -0.2) is 26.5 Å². The molecular weight excluding hydrogens is 370 g/mol. The Labute approximate surface area is 147 Å².